The van der Waals surface area contributed by atoms with Crippen molar-refractivity contribution < 1.29 is 19.1 Å². The van der Waals surface area contributed by atoms with E-state index in [1.807, 2.05) is 0 Å². The van der Waals surface area contributed by atoms with Crippen LogP contribution in [-0.2, 0) is 16.1 Å². The molecule has 0 aliphatic heterocycles. The number of hydrogen-bond acceptors (Lipinski definition) is 3. The van der Waals surface area contributed by atoms with Gasteiger partial charge >= 0.3 is 5.97 Å². The van der Waals surface area contributed by atoms with Gasteiger partial charge in [0.2, 0.25) is 0 Å². The van der Waals surface area contributed by atoms with Crippen LogP contribution in [0.4, 0.5) is 0 Å². The molecular formula is C9H12O4. The van der Waals surface area contributed by atoms with Gasteiger partial charge in [-0.15, -0.1) is 0 Å². The maximum absolute atomic E-state index is 10.4. The van der Waals surface area contributed by atoms with E-state index in [4.69, 9.17) is 14.3 Å². The number of aliphatic carboxylic acids is 1. The van der Waals surface area contributed by atoms with Crippen molar-refractivity contribution in [3.05, 3.63) is 24.2 Å². The summed E-state index contributed by atoms with van der Waals surface area (Å²) in [4.78, 5) is 10.4. The van der Waals surface area contributed by atoms with Gasteiger partial charge in [-0.2, -0.15) is 0 Å². The van der Waals surface area contributed by atoms with Crippen LogP contribution >= 0.6 is 0 Å². The molecule has 1 rings (SSSR count). The lowest BCUT2D eigenvalue weighted by Gasteiger charge is -2.05. The molecule has 1 aromatic rings. The highest BCUT2D eigenvalue weighted by Crippen LogP contribution is 2.03. The molecule has 1 heterocycles. The van der Waals surface area contributed by atoms with Gasteiger partial charge in [-0.3, -0.25) is 4.79 Å². The maximum atomic E-state index is 10.4. The van der Waals surface area contributed by atoms with Crippen LogP contribution in [0, 0.1) is 5.92 Å². The molecule has 0 aliphatic rings. The highest BCUT2D eigenvalue weighted by Gasteiger charge is 2.10. The SMILES string of the molecule is CC(COCc1ccco1)C(=O)O. The fraction of sp³-hybridized carbons (Fsp3) is 0.444. The molecule has 0 spiro atoms. The molecule has 13 heavy (non-hydrogen) atoms. The van der Waals surface area contributed by atoms with Crippen LogP contribution in [0.2, 0.25) is 0 Å². The first-order valence-corrected chi connectivity index (χ1v) is 4.03. The Morgan fingerprint density at radius 1 is 1.77 bits per heavy atom. The zero-order valence-corrected chi connectivity index (χ0v) is 7.40. The van der Waals surface area contributed by atoms with Crippen molar-refractivity contribution in [2.75, 3.05) is 6.61 Å². The van der Waals surface area contributed by atoms with Crippen LogP contribution in [0.15, 0.2) is 22.8 Å². The lowest BCUT2D eigenvalue weighted by Crippen LogP contribution is -2.15. The third-order valence-corrected chi connectivity index (χ3v) is 1.61. The molecule has 0 aromatic carbocycles. The molecule has 0 amide bonds. The molecule has 72 valence electrons. The van der Waals surface area contributed by atoms with Crippen LogP contribution in [0.3, 0.4) is 0 Å². The van der Waals surface area contributed by atoms with E-state index in [0.29, 0.717) is 12.4 Å². The van der Waals surface area contributed by atoms with Crippen LogP contribution in [0.1, 0.15) is 12.7 Å². The minimum absolute atomic E-state index is 0.204. The molecule has 0 bridgehead atoms. The van der Waals surface area contributed by atoms with E-state index in [-0.39, 0.29) is 6.61 Å². The number of carbonyl (C=O) groups is 1. The first-order valence-electron chi connectivity index (χ1n) is 4.03. The second-order valence-corrected chi connectivity index (χ2v) is 2.83. The molecule has 0 aliphatic carbocycles. The Morgan fingerprint density at radius 2 is 2.54 bits per heavy atom. The Balaban J connectivity index is 2.18. The van der Waals surface area contributed by atoms with E-state index in [1.165, 1.54) is 0 Å². The Labute approximate surface area is 76.1 Å². The molecule has 0 saturated carbocycles. The predicted molar refractivity (Wildman–Crippen MR) is 45.2 cm³/mol. The van der Waals surface area contributed by atoms with E-state index in [1.54, 1.807) is 25.3 Å². The zero-order valence-electron chi connectivity index (χ0n) is 7.40. The molecular weight excluding hydrogens is 172 g/mol. The number of ether oxygens (including phenoxy) is 1. The molecule has 1 N–H and O–H groups in total. The maximum Gasteiger partial charge on any atom is 0.308 e. The Morgan fingerprint density at radius 3 is 3.08 bits per heavy atom. The number of carboxylic acids is 1. The summed E-state index contributed by atoms with van der Waals surface area (Å²) in [5.41, 5.74) is 0. The van der Waals surface area contributed by atoms with Gasteiger partial charge < -0.3 is 14.3 Å². The van der Waals surface area contributed by atoms with Gasteiger partial charge in [-0.1, -0.05) is 0 Å². The molecule has 0 saturated heterocycles. The Bertz CT molecular complexity index is 253. The third kappa shape index (κ3) is 3.29. The number of furan rings is 1. The first kappa shape index (κ1) is 9.80. The molecule has 0 fully saturated rings. The van der Waals surface area contributed by atoms with Gasteiger partial charge in [0.25, 0.3) is 0 Å². The van der Waals surface area contributed by atoms with E-state index in [0.717, 1.165) is 0 Å². The lowest BCUT2D eigenvalue weighted by atomic mass is 10.2. The van der Waals surface area contributed by atoms with Gasteiger partial charge in [0, 0.05) is 0 Å². The monoisotopic (exact) mass is 184 g/mol. The quantitative estimate of drug-likeness (QED) is 0.753. The average molecular weight is 184 g/mol. The predicted octanol–water partition coefficient (Wildman–Crippen LogP) is 1.52. The first-order chi connectivity index (χ1) is 6.20. The summed E-state index contributed by atoms with van der Waals surface area (Å²) in [7, 11) is 0. The standard InChI is InChI=1S/C9H12O4/c1-7(9(10)11)5-12-6-8-3-2-4-13-8/h2-4,7H,5-6H2,1H3,(H,10,11). The van der Waals surface area contributed by atoms with Crippen LogP contribution < -0.4 is 0 Å². The fourth-order valence-electron chi connectivity index (χ4n) is 0.802. The van der Waals surface area contributed by atoms with Crippen LogP contribution in [0.25, 0.3) is 0 Å². The lowest BCUT2D eigenvalue weighted by molar-refractivity contribution is -0.143. The van der Waals surface area contributed by atoms with Gasteiger partial charge in [0.15, 0.2) is 0 Å². The highest BCUT2D eigenvalue weighted by atomic mass is 16.5. The van der Waals surface area contributed by atoms with Crippen molar-refractivity contribution in [1.29, 1.82) is 0 Å². The fourth-order valence-corrected chi connectivity index (χ4v) is 0.802. The van der Waals surface area contributed by atoms with Crippen LogP contribution in [0.5, 0.6) is 0 Å². The van der Waals surface area contributed by atoms with Gasteiger partial charge in [-0.25, -0.2) is 0 Å². The smallest absolute Gasteiger partial charge is 0.308 e. The largest absolute Gasteiger partial charge is 0.481 e. The summed E-state index contributed by atoms with van der Waals surface area (Å²) in [5.74, 6) is -0.619. The van der Waals surface area contributed by atoms with Crippen molar-refractivity contribution in [3.63, 3.8) is 0 Å². The number of rotatable bonds is 5. The minimum Gasteiger partial charge on any atom is -0.481 e. The average Bonchev–Trinajstić information content (AvgIpc) is 2.56. The summed E-state index contributed by atoms with van der Waals surface area (Å²) in [5, 5.41) is 8.54. The molecule has 0 radical (unpaired) electrons. The van der Waals surface area contributed by atoms with Gasteiger partial charge in [0.05, 0.1) is 18.8 Å². The third-order valence-electron chi connectivity index (χ3n) is 1.61. The summed E-state index contributed by atoms with van der Waals surface area (Å²) in [6.45, 7) is 2.13. The van der Waals surface area contributed by atoms with E-state index < -0.39 is 11.9 Å². The van der Waals surface area contributed by atoms with Crippen molar-refractivity contribution in [2.45, 2.75) is 13.5 Å². The molecule has 1 unspecified atom stereocenters. The molecule has 4 nitrogen and oxygen atoms in total. The van der Waals surface area contributed by atoms with Crippen molar-refractivity contribution in [2.24, 2.45) is 5.92 Å². The summed E-state index contributed by atoms with van der Waals surface area (Å²) in [6.07, 6.45) is 1.55. The summed E-state index contributed by atoms with van der Waals surface area (Å²) < 4.78 is 10.1. The van der Waals surface area contributed by atoms with Crippen molar-refractivity contribution in [1.82, 2.24) is 0 Å². The zero-order chi connectivity index (χ0) is 9.68. The number of hydrogen-bond donors (Lipinski definition) is 1. The second kappa shape index (κ2) is 4.67. The van der Waals surface area contributed by atoms with E-state index in [2.05, 4.69) is 0 Å². The molecule has 1 atom stereocenters. The van der Waals surface area contributed by atoms with Crippen molar-refractivity contribution >= 4 is 5.97 Å². The Hall–Kier alpha value is -1.29. The van der Waals surface area contributed by atoms with Crippen LogP contribution in [-0.4, -0.2) is 17.7 Å². The molecule has 4 heteroatoms. The summed E-state index contributed by atoms with van der Waals surface area (Å²) >= 11 is 0. The van der Waals surface area contributed by atoms with Crippen molar-refractivity contribution in [3.8, 4) is 0 Å². The minimum atomic E-state index is -0.848. The topological polar surface area (TPSA) is 59.7 Å². The highest BCUT2D eigenvalue weighted by molar-refractivity contribution is 5.69. The van der Waals surface area contributed by atoms with E-state index in [9.17, 15) is 4.79 Å². The Kier molecular flexibility index (Phi) is 3.52. The second-order valence-electron chi connectivity index (χ2n) is 2.83. The normalized spacial score (nSPS) is 12.7. The molecule has 1 aromatic heterocycles. The number of carboxylic acid groups (broad SMARTS) is 1. The van der Waals surface area contributed by atoms with Gasteiger partial charge in [0.1, 0.15) is 12.4 Å². The summed E-state index contributed by atoms with van der Waals surface area (Å²) in [6, 6.07) is 3.55. The van der Waals surface area contributed by atoms with Gasteiger partial charge in [-0.05, 0) is 19.1 Å². The van der Waals surface area contributed by atoms with E-state index >= 15 is 0 Å².